The molecule has 0 aromatic carbocycles. The summed E-state index contributed by atoms with van der Waals surface area (Å²) in [5.41, 5.74) is 0. The van der Waals surface area contributed by atoms with Crippen LogP contribution in [0.3, 0.4) is 0 Å². The lowest BCUT2D eigenvalue weighted by Gasteiger charge is -2.01. The van der Waals surface area contributed by atoms with Gasteiger partial charge < -0.3 is 0 Å². The second-order valence-corrected chi connectivity index (χ2v) is 5.70. The normalized spacial score (nSPS) is 11.2. The Labute approximate surface area is 118 Å². The highest BCUT2D eigenvalue weighted by atomic mass is 32.1. The van der Waals surface area contributed by atoms with Gasteiger partial charge >= 0.3 is 11.7 Å². The van der Waals surface area contributed by atoms with Crippen LogP contribution in [0.15, 0.2) is 12.2 Å². The Bertz CT molecular complexity index is 190. The van der Waals surface area contributed by atoms with Crippen molar-refractivity contribution >= 4 is 11.7 Å². The molecular formula is C16H31OS+. The van der Waals surface area contributed by atoms with E-state index in [9.17, 15) is 4.21 Å². The van der Waals surface area contributed by atoms with Gasteiger partial charge in [-0.1, -0.05) is 76.9 Å². The molecule has 0 aliphatic carbocycles. The summed E-state index contributed by atoms with van der Waals surface area (Å²) in [6.45, 7) is 2.27. The SMILES string of the molecule is CCCCCCCCCCCCC=CCC[S+]=O. The van der Waals surface area contributed by atoms with E-state index >= 15 is 0 Å². The number of rotatable bonds is 14. The van der Waals surface area contributed by atoms with E-state index in [1.165, 1.54) is 70.6 Å². The molecule has 0 saturated heterocycles. The van der Waals surface area contributed by atoms with Gasteiger partial charge in [0.2, 0.25) is 5.75 Å². The first-order valence-corrected chi connectivity index (χ1v) is 8.72. The van der Waals surface area contributed by atoms with Crippen molar-refractivity contribution in [2.45, 2.75) is 84.0 Å². The van der Waals surface area contributed by atoms with Crippen molar-refractivity contribution in [1.29, 1.82) is 0 Å². The van der Waals surface area contributed by atoms with Crippen LogP contribution in [0.1, 0.15) is 84.0 Å². The Morgan fingerprint density at radius 3 is 1.78 bits per heavy atom. The van der Waals surface area contributed by atoms with Crippen molar-refractivity contribution in [2.75, 3.05) is 5.75 Å². The highest BCUT2D eigenvalue weighted by Gasteiger charge is 1.93. The van der Waals surface area contributed by atoms with Crippen molar-refractivity contribution in [3.05, 3.63) is 12.2 Å². The van der Waals surface area contributed by atoms with Gasteiger partial charge in [0.05, 0.1) is 0 Å². The third-order valence-corrected chi connectivity index (χ3v) is 3.66. The molecule has 0 aliphatic heterocycles. The fraction of sp³-hybridized carbons (Fsp3) is 0.875. The van der Waals surface area contributed by atoms with Gasteiger partial charge in [-0.05, 0) is 12.8 Å². The molecule has 0 radical (unpaired) electrons. The Balaban J connectivity index is 2.98. The minimum absolute atomic E-state index is 0.685. The number of allylic oxidation sites excluding steroid dienone is 2. The maximum absolute atomic E-state index is 10.1. The lowest BCUT2D eigenvalue weighted by molar-refractivity contribution is 0.557. The van der Waals surface area contributed by atoms with Crippen LogP contribution in [0, 0.1) is 0 Å². The molecule has 0 N–H and O–H groups in total. The van der Waals surface area contributed by atoms with Gasteiger partial charge in [0.15, 0.2) is 0 Å². The predicted molar refractivity (Wildman–Crippen MR) is 83.1 cm³/mol. The van der Waals surface area contributed by atoms with Crippen LogP contribution in [0.2, 0.25) is 0 Å². The first-order chi connectivity index (χ1) is 8.91. The summed E-state index contributed by atoms with van der Waals surface area (Å²) < 4.78 is 10.1. The van der Waals surface area contributed by atoms with Gasteiger partial charge in [0.1, 0.15) is 0 Å². The van der Waals surface area contributed by atoms with E-state index in [4.69, 9.17) is 0 Å². The predicted octanol–water partition coefficient (Wildman–Crippen LogP) is 5.67. The van der Waals surface area contributed by atoms with Crippen molar-refractivity contribution in [1.82, 2.24) is 0 Å². The average Bonchev–Trinajstić information content (AvgIpc) is 2.39. The Morgan fingerprint density at radius 2 is 1.22 bits per heavy atom. The van der Waals surface area contributed by atoms with Crippen LogP contribution in [-0.2, 0) is 15.9 Å². The van der Waals surface area contributed by atoms with E-state index < -0.39 is 0 Å². The van der Waals surface area contributed by atoms with E-state index in [0.717, 1.165) is 6.42 Å². The maximum Gasteiger partial charge on any atom is 0.458 e. The third-order valence-electron chi connectivity index (χ3n) is 3.26. The largest absolute Gasteiger partial charge is 0.458 e. The van der Waals surface area contributed by atoms with Crippen LogP contribution in [0.5, 0.6) is 0 Å². The van der Waals surface area contributed by atoms with Crippen molar-refractivity contribution in [3.63, 3.8) is 0 Å². The van der Waals surface area contributed by atoms with Crippen LogP contribution >= 0.6 is 0 Å². The lowest BCUT2D eigenvalue weighted by Crippen LogP contribution is -1.81. The van der Waals surface area contributed by atoms with Crippen LogP contribution in [0.25, 0.3) is 0 Å². The molecule has 18 heavy (non-hydrogen) atoms. The van der Waals surface area contributed by atoms with E-state index in [0.29, 0.717) is 17.4 Å². The zero-order valence-corrected chi connectivity index (χ0v) is 13.0. The molecule has 0 unspecified atom stereocenters. The van der Waals surface area contributed by atoms with Gasteiger partial charge in [-0.2, -0.15) is 0 Å². The van der Waals surface area contributed by atoms with Gasteiger partial charge in [0.25, 0.3) is 0 Å². The Morgan fingerprint density at radius 1 is 0.722 bits per heavy atom. The smallest absolute Gasteiger partial charge is 0.0883 e. The van der Waals surface area contributed by atoms with Gasteiger partial charge in [-0.25, -0.2) is 0 Å². The fourth-order valence-electron chi connectivity index (χ4n) is 2.10. The molecule has 2 heteroatoms. The highest BCUT2D eigenvalue weighted by Crippen LogP contribution is 2.11. The topological polar surface area (TPSA) is 17.1 Å². The van der Waals surface area contributed by atoms with Gasteiger partial charge in [-0.3, -0.25) is 0 Å². The summed E-state index contributed by atoms with van der Waals surface area (Å²) in [6.07, 6.45) is 20.5. The zero-order valence-electron chi connectivity index (χ0n) is 12.2. The van der Waals surface area contributed by atoms with Crippen LogP contribution in [-0.4, -0.2) is 5.75 Å². The van der Waals surface area contributed by atoms with Gasteiger partial charge in [0, 0.05) is 10.6 Å². The molecule has 0 spiro atoms. The molecule has 0 heterocycles. The molecule has 0 atom stereocenters. The van der Waals surface area contributed by atoms with E-state index in [-0.39, 0.29) is 0 Å². The molecule has 0 saturated carbocycles. The molecule has 0 aromatic heterocycles. The minimum Gasteiger partial charge on any atom is -0.0883 e. The standard InChI is InChI=1S/C16H31OS/c1-2-3-4-5-6-7-8-9-10-11-12-13-14-15-16-18-17/h13-14H,2-12,15-16H2,1H3/q+1. The summed E-state index contributed by atoms with van der Waals surface area (Å²) in [5, 5.41) is 0. The molecule has 0 aliphatic rings. The van der Waals surface area contributed by atoms with Crippen molar-refractivity contribution in [2.24, 2.45) is 0 Å². The second-order valence-electron chi connectivity index (χ2n) is 5.05. The molecule has 0 fully saturated rings. The number of hydrogen-bond donors (Lipinski definition) is 0. The first kappa shape index (κ1) is 17.8. The molecule has 0 rings (SSSR count). The first-order valence-electron chi connectivity index (χ1n) is 7.81. The second kappa shape index (κ2) is 16.8. The molecule has 0 aromatic rings. The Kier molecular flexibility index (Phi) is 16.5. The summed E-state index contributed by atoms with van der Waals surface area (Å²) in [4.78, 5) is 0. The summed E-state index contributed by atoms with van der Waals surface area (Å²) in [5.74, 6) is 0.717. The number of unbranched alkanes of at least 4 members (excludes halogenated alkanes) is 10. The third kappa shape index (κ3) is 15.8. The average molecular weight is 271 g/mol. The molecule has 106 valence electrons. The molecule has 1 nitrogen and oxygen atoms in total. The van der Waals surface area contributed by atoms with Crippen LogP contribution < -0.4 is 0 Å². The van der Waals surface area contributed by atoms with Crippen LogP contribution in [0.4, 0.5) is 0 Å². The molecular weight excluding hydrogens is 240 g/mol. The summed E-state index contributed by atoms with van der Waals surface area (Å²) >= 11 is 0.685. The quantitative estimate of drug-likeness (QED) is 0.226. The van der Waals surface area contributed by atoms with Gasteiger partial charge in [-0.15, -0.1) is 0 Å². The maximum atomic E-state index is 10.1. The van der Waals surface area contributed by atoms with Crippen molar-refractivity contribution in [3.8, 4) is 0 Å². The Hall–Kier alpha value is -0.240. The zero-order chi connectivity index (χ0) is 13.3. The highest BCUT2D eigenvalue weighted by molar-refractivity contribution is 7.65. The van der Waals surface area contributed by atoms with Crippen molar-refractivity contribution < 1.29 is 4.21 Å². The summed E-state index contributed by atoms with van der Waals surface area (Å²) in [6, 6.07) is 0. The number of hydrogen-bond acceptors (Lipinski definition) is 1. The van der Waals surface area contributed by atoms with E-state index in [1.54, 1.807) is 0 Å². The van der Waals surface area contributed by atoms with E-state index in [1.807, 2.05) is 0 Å². The molecule has 0 bridgehead atoms. The minimum atomic E-state index is 0.685. The lowest BCUT2D eigenvalue weighted by atomic mass is 10.1. The summed E-state index contributed by atoms with van der Waals surface area (Å²) in [7, 11) is 0. The van der Waals surface area contributed by atoms with E-state index in [2.05, 4.69) is 19.1 Å². The monoisotopic (exact) mass is 271 g/mol. The molecule has 0 amide bonds. The fourth-order valence-corrected chi connectivity index (χ4v) is 2.33.